The van der Waals surface area contributed by atoms with E-state index in [-0.39, 0.29) is 16.6 Å². The van der Waals surface area contributed by atoms with E-state index in [2.05, 4.69) is 21.2 Å². The quantitative estimate of drug-likeness (QED) is 0.779. The molecule has 2 aromatic carbocycles. The molecule has 0 aliphatic heterocycles. The van der Waals surface area contributed by atoms with Gasteiger partial charge in [-0.15, -0.1) is 0 Å². The molecular weight excluding hydrogens is 389 g/mol. The van der Waals surface area contributed by atoms with Crippen molar-refractivity contribution in [2.45, 2.75) is 6.54 Å². The molecule has 0 aliphatic carbocycles. The summed E-state index contributed by atoms with van der Waals surface area (Å²) in [4.78, 5) is 23.5. The first-order chi connectivity index (χ1) is 11.0. The SMILES string of the molecule is O=C(COC(=O)c1ccc(F)cc1Br)NCc1cccc(Cl)c1. The maximum absolute atomic E-state index is 13.0. The third kappa shape index (κ3) is 5.33. The number of carbonyl (C=O) groups is 2. The first kappa shape index (κ1) is 17.4. The zero-order valence-corrected chi connectivity index (χ0v) is 14.2. The fourth-order valence-corrected chi connectivity index (χ4v) is 2.49. The van der Waals surface area contributed by atoms with Gasteiger partial charge in [-0.1, -0.05) is 23.7 Å². The predicted octanol–water partition coefficient (Wildman–Crippen LogP) is 3.71. The van der Waals surface area contributed by atoms with Gasteiger partial charge >= 0.3 is 5.97 Å². The lowest BCUT2D eigenvalue weighted by Gasteiger charge is -2.08. The van der Waals surface area contributed by atoms with Crippen molar-refractivity contribution in [1.29, 1.82) is 0 Å². The standard InChI is InChI=1S/C16H12BrClFNO3/c17-14-7-12(19)4-5-13(14)16(22)23-9-15(21)20-8-10-2-1-3-11(18)6-10/h1-7H,8-9H2,(H,20,21). The summed E-state index contributed by atoms with van der Waals surface area (Å²) in [5.41, 5.74) is 0.979. The maximum Gasteiger partial charge on any atom is 0.339 e. The topological polar surface area (TPSA) is 55.4 Å². The normalized spacial score (nSPS) is 10.2. The Morgan fingerprint density at radius 2 is 2.00 bits per heavy atom. The van der Waals surface area contributed by atoms with Crippen molar-refractivity contribution in [2.24, 2.45) is 0 Å². The van der Waals surface area contributed by atoms with E-state index < -0.39 is 24.3 Å². The smallest absolute Gasteiger partial charge is 0.339 e. The molecule has 0 radical (unpaired) electrons. The fraction of sp³-hybridized carbons (Fsp3) is 0.125. The number of ether oxygens (including phenoxy) is 1. The molecule has 1 N–H and O–H groups in total. The summed E-state index contributed by atoms with van der Waals surface area (Å²) in [6.07, 6.45) is 0. The highest BCUT2D eigenvalue weighted by Gasteiger charge is 2.14. The number of esters is 1. The van der Waals surface area contributed by atoms with Crippen LogP contribution in [0.15, 0.2) is 46.9 Å². The van der Waals surface area contributed by atoms with Crippen molar-refractivity contribution in [3.8, 4) is 0 Å². The average molecular weight is 401 g/mol. The van der Waals surface area contributed by atoms with Crippen LogP contribution in [-0.4, -0.2) is 18.5 Å². The van der Waals surface area contributed by atoms with E-state index in [1.165, 1.54) is 6.07 Å². The third-order valence-corrected chi connectivity index (χ3v) is 3.76. The van der Waals surface area contributed by atoms with Gasteiger partial charge in [-0.2, -0.15) is 0 Å². The zero-order chi connectivity index (χ0) is 16.8. The van der Waals surface area contributed by atoms with Crippen molar-refractivity contribution in [1.82, 2.24) is 5.32 Å². The molecule has 1 amide bonds. The molecule has 120 valence electrons. The Bertz CT molecular complexity index is 739. The number of rotatable bonds is 5. The molecule has 0 atom stereocenters. The second-order valence-electron chi connectivity index (χ2n) is 4.61. The molecule has 0 bridgehead atoms. The Morgan fingerprint density at radius 1 is 1.22 bits per heavy atom. The average Bonchev–Trinajstić information content (AvgIpc) is 2.50. The van der Waals surface area contributed by atoms with Gasteiger partial charge in [0, 0.05) is 16.0 Å². The van der Waals surface area contributed by atoms with Crippen LogP contribution in [0.1, 0.15) is 15.9 Å². The summed E-state index contributed by atoms with van der Waals surface area (Å²) >= 11 is 8.91. The van der Waals surface area contributed by atoms with Gasteiger partial charge in [0.1, 0.15) is 5.82 Å². The van der Waals surface area contributed by atoms with Crippen LogP contribution in [0.3, 0.4) is 0 Å². The zero-order valence-electron chi connectivity index (χ0n) is 11.8. The lowest BCUT2D eigenvalue weighted by atomic mass is 10.2. The maximum atomic E-state index is 13.0. The van der Waals surface area contributed by atoms with Crippen LogP contribution >= 0.6 is 27.5 Å². The minimum absolute atomic E-state index is 0.147. The molecule has 0 aromatic heterocycles. The van der Waals surface area contributed by atoms with Crippen LogP contribution in [0.5, 0.6) is 0 Å². The van der Waals surface area contributed by atoms with Crippen molar-refractivity contribution >= 4 is 39.4 Å². The van der Waals surface area contributed by atoms with E-state index in [0.717, 1.165) is 17.7 Å². The van der Waals surface area contributed by atoms with Crippen molar-refractivity contribution in [2.75, 3.05) is 6.61 Å². The van der Waals surface area contributed by atoms with Gasteiger partial charge in [-0.25, -0.2) is 9.18 Å². The molecule has 0 heterocycles. The van der Waals surface area contributed by atoms with Gasteiger partial charge in [0.25, 0.3) is 5.91 Å². The number of carbonyl (C=O) groups excluding carboxylic acids is 2. The van der Waals surface area contributed by atoms with Crippen molar-refractivity contribution < 1.29 is 18.7 Å². The summed E-state index contributed by atoms with van der Waals surface area (Å²) in [6.45, 7) is -0.152. The minimum atomic E-state index is -0.713. The van der Waals surface area contributed by atoms with E-state index in [0.29, 0.717) is 5.02 Å². The van der Waals surface area contributed by atoms with E-state index in [4.69, 9.17) is 16.3 Å². The number of hydrogen-bond acceptors (Lipinski definition) is 3. The van der Waals surface area contributed by atoms with Crippen LogP contribution in [0.2, 0.25) is 5.02 Å². The Balaban J connectivity index is 1.83. The van der Waals surface area contributed by atoms with Crippen LogP contribution in [0, 0.1) is 5.82 Å². The highest BCUT2D eigenvalue weighted by Crippen LogP contribution is 2.18. The number of halogens is 3. The molecule has 0 unspecified atom stereocenters. The van der Waals surface area contributed by atoms with Gasteiger partial charge in [-0.05, 0) is 51.8 Å². The van der Waals surface area contributed by atoms with E-state index >= 15 is 0 Å². The van der Waals surface area contributed by atoms with E-state index in [1.807, 2.05) is 6.07 Å². The van der Waals surface area contributed by atoms with Crippen LogP contribution in [-0.2, 0) is 16.1 Å². The van der Waals surface area contributed by atoms with Gasteiger partial charge < -0.3 is 10.1 Å². The highest BCUT2D eigenvalue weighted by atomic mass is 79.9. The molecule has 0 saturated carbocycles. The summed E-state index contributed by atoms with van der Waals surface area (Å²) < 4.78 is 18.1. The number of hydrogen-bond donors (Lipinski definition) is 1. The predicted molar refractivity (Wildman–Crippen MR) is 87.7 cm³/mol. The third-order valence-electron chi connectivity index (χ3n) is 2.86. The molecule has 2 aromatic rings. The summed E-state index contributed by atoms with van der Waals surface area (Å²) in [5.74, 6) is -1.64. The van der Waals surface area contributed by atoms with Crippen molar-refractivity contribution in [3.63, 3.8) is 0 Å². The Kier molecular flexibility index (Phi) is 6.12. The van der Waals surface area contributed by atoms with Crippen molar-refractivity contribution in [3.05, 3.63) is 68.9 Å². The first-order valence-corrected chi connectivity index (χ1v) is 7.76. The van der Waals surface area contributed by atoms with Gasteiger partial charge in [0.2, 0.25) is 0 Å². The second-order valence-corrected chi connectivity index (χ2v) is 5.90. The van der Waals surface area contributed by atoms with Gasteiger partial charge in [0.15, 0.2) is 6.61 Å². The largest absolute Gasteiger partial charge is 0.452 e. The summed E-state index contributed by atoms with van der Waals surface area (Å²) in [7, 11) is 0. The van der Waals surface area contributed by atoms with Crippen LogP contribution in [0.25, 0.3) is 0 Å². The minimum Gasteiger partial charge on any atom is -0.452 e. The second kappa shape index (κ2) is 8.08. The van der Waals surface area contributed by atoms with E-state index in [9.17, 15) is 14.0 Å². The number of nitrogens with one attached hydrogen (secondary N) is 1. The summed E-state index contributed by atoms with van der Waals surface area (Å²) in [6, 6.07) is 10.6. The van der Waals surface area contributed by atoms with Gasteiger partial charge in [-0.3, -0.25) is 4.79 Å². The fourth-order valence-electron chi connectivity index (χ4n) is 1.76. The Labute approximate surface area is 145 Å². The Hall–Kier alpha value is -1.92. The van der Waals surface area contributed by atoms with Crippen LogP contribution in [0.4, 0.5) is 4.39 Å². The molecule has 0 aliphatic rings. The molecule has 7 heteroatoms. The molecule has 2 rings (SSSR count). The molecule has 0 fully saturated rings. The lowest BCUT2D eigenvalue weighted by molar-refractivity contribution is -0.124. The highest BCUT2D eigenvalue weighted by molar-refractivity contribution is 9.10. The molecule has 23 heavy (non-hydrogen) atoms. The molecule has 4 nitrogen and oxygen atoms in total. The van der Waals surface area contributed by atoms with E-state index in [1.54, 1.807) is 18.2 Å². The monoisotopic (exact) mass is 399 g/mol. The molecule has 0 spiro atoms. The lowest BCUT2D eigenvalue weighted by Crippen LogP contribution is -2.28. The molecular formula is C16H12BrClFNO3. The summed E-state index contributed by atoms with van der Waals surface area (Å²) in [5, 5.41) is 3.18. The number of benzene rings is 2. The first-order valence-electron chi connectivity index (χ1n) is 6.59. The van der Waals surface area contributed by atoms with Crippen LogP contribution < -0.4 is 5.32 Å². The molecule has 0 saturated heterocycles. The Morgan fingerprint density at radius 3 is 2.70 bits per heavy atom. The van der Waals surface area contributed by atoms with Gasteiger partial charge in [0.05, 0.1) is 5.56 Å². The number of amides is 1.